The fraction of sp³-hybridized carbons (Fsp3) is 0.364. The molecule has 3 heterocycles. The number of nitrogens with zero attached hydrogens (tertiary/aromatic N) is 6. The van der Waals surface area contributed by atoms with Gasteiger partial charge in [-0.2, -0.15) is 10.4 Å². The van der Waals surface area contributed by atoms with Gasteiger partial charge < -0.3 is 4.90 Å². The first-order valence-corrected chi connectivity index (χ1v) is 9.92. The van der Waals surface area contributed by atoms with Gasteiger partial charge in [0.1, 0.15) is 16.9 Å². The highest BCUT2D eigenvalue weighted by Crippen LogP contribution is 2.23. The molecule has 0 amide bonds. The summed E-state index contributed by atoms with van der Waals surface area (Å²) in [6.45, 7) is 3.98. The van der Waals surface area contributed by atoms with E-state index < -0.39 is 5.82 Å². The van der Waals surface area contributed by atoms with Gasteiger partial charge in [-0.15, -0.1) is 5.92 Å². The monoisotopic (exact) mass is 404 g/mol. The molecule has 1 fully saturated rings. The van der Waals surface area contributed by atoms with Crippen LogP contribution in [0.25, 0.3) is 11.0 Å². The first-order chi connectivity index (χ1) is 14.6. The van der Waals surface area contributed by atoms with E-state index in [1.807, 2.05) is 10.6 Å². The standard InChI is InChI=1S/C22H21FN6O/c1-2-3-11-28-20-19(26-22(28)27-9-5-4-6-10-27)14-25-29(21(20)30)15-16-7-8-18(23)12-17(16)13-24/h7-8,12,14H,4-6,9-11,15H2,1H3. The van der Waals surface area contributed by atoms with Crippen LogP contribution in [0, 0.1) is 29.0 Å². The van der Waals surface area contributed by atoms with Gasteiger partial charge in [-0.25, -0.2) is 14.1 Å². The molecule has 3 aromatic rings. The Morgan fingerprint density at radius 2 is 2.03 bits per heavy atom. The highest BCUT2D eigenvalue weighted by Gasteiger charge is 2.22. The Hall–Kier alpha value is -3.65. The zero-order chi connectivity index (χ0) is 21.1. The van der Waals surface area contributed by atoms with Gasteiger partial charge in [-0.05, 0) is 43.9 Å². The minimum atomic E-state index is -0.492. The first kappa shape index (κ1) is 19.7. The lowest BCUT2D eigenvalue weighted by atomic mass is 10.1. The summed E-state index contributed by atoms with van der Waals surface area (Å²) in [4.78, 5) is 20.2. The molecule has 0 N–H and O–H groups in total. The number of rotatable bonds is 4. The Balaban J connectivity index is 1.82. The maximum absolute atomic E-state index is 13.4. The van der Waals surface area contributed by atoms with Crippen LogP contribution in [-0.2, 0) is 13.1 Å². The van der Waals surface area contributed by atoms with E-state index in [1.165, 1.54) is 23.2 Å². The molecule has 0 saturated carbocycles. The molecular formula is C22H21FN6O. The van der Waals surface area contributed by atoms with Crippen molar-refractivity contribution in [3.05, 3.63) is 51.7 Å². The first-order valence-electron chi connectivity index (χ1n) is 9.92. The molecule has 1 saturated heterocycles. The number of benzene rings is 1. The number of imidazole rings is 1. The fourth-order valence-corrected chi connectivity index (χ4v) is 3.78. The van der Waals surface area contributed by atoms with E-state index in [0.29, 0.717) is 23.1 Å². The topological polar surface area (TPSA) is 79.7 Å². The maximum Gasteiger partial charge on any atom is 0.293 e. The van der Waals surface area contributed by atoms with Crippen LogP contribution in [0.5, 0.6) is 0 Å². The lowest BCUT2D eigenvalue weighted by molar-refractivity contribution is 0.561. The molecule has 1 aliphatic heterocycles. The molecule has 30 heavy (non-hydrogen) atoms. The van der Waals surface area contributed by atoms with Crippen LogP contribution in [0.1, 0.15) is 37.3 Å². The van der Waals surface area contributed by atoms with Crippen molar-refractivity contribution in [2.24, 2.45) is 0 Å². The molecule has 0 unspecified atom stereocenters. The third kappa shape index (κ3) is 3.65. The molecular weight excluding hydrogens is 383 g/mol. The quantitative estimate of drug-likeness (QED) is 0.625. The van der Waals surface area contributed by atoms with Gasteiger partial charge in [0.25, 0.3) is 5.56 Å². The van der Waals surface area contributed by atoms with Crippen LogP contribution < -0.4 is 10.5 Å². The fourth-order valence-electron chi connectivity index (χ4n) is 3.78. The predicted octanol–water partition coefficient (Wildman–Crippen LogP) is 2.67. The number of piperidine rings is 1. The second-order valence-electron chi connectivity index (χ2n) is 7.23. The van der Waals surface area contributed by atoms with Gasteiger partial charge in [0.2, 0.25) is 5.95 Å². The second-order valence-corrected chi connectivity index (χ2v) is 7.23. The van der Waals surface area contributed by atoms with E-state index in [0.717, 1.165) is 37.9 Å². The molecule has 8 heteroatoms. The number of aromatic nitrogens is 4. The summed E-state index contributed by atoms with van der Waals surface area (Å²) >= 11 is 0. The average Bonchev–Trinajstić information content (AvgIpc) is 3.15. The zero-order valence-corrected chi connectivity index (χ0v) is 16.7. The Labute approximate surface area is 173 Å². The van der Waals surface area contributed by atoms with Gasteiger partial charge in [0.05, 0.1) is 30.9 Å². The summed E-state index contributed by atoms with van der Waals surface area (Å²) in [6.07, 6.45) is 4.94. The average molecular weight is 404 g/mol. The number of hydrogen-bond acceptors (Lipinski definition) is 5. The number of fused-ring (bicyclic) bond motifs is 1. The molecule has 0 radical (unpaired) electrons. The minimum Gasteiger partial charge on any atom is -0.342 e. The van der Waals surface area contributed by atoms with Crippen molar-refractivity contribution in [1.29, 1.82) is 5.26 Å². The number of halogens is 1. The van der Waals surface area contributed by atoms with Crippen molar-refractivity contribution >= 4 is 17.0 Å². The molecule has 4 rings (SSSR count). The molecule has 1 aliphatic rings. The van der Waals surface area contributed by atoms with Gasteiger partial charge in [0, 0.05) is 13.1 Å². The molecule has 0 atom stereocenters. The van der Waals surface area contributed by atoms with E-state index in [4.69, 9.17) is 0 Å². The van der Waals surface area contributed by atoms with Gasteiger partial charge in [0.15, 0.2) is 0 Å². The van der Waals surface area contributed by atoms with E-state index in [1.54, 1.807) is 13.1 Å². The predicted molar refractivity (Wildman–Crippen MR) is 112 cm³/mol. The van der Waals surface area contributed by atoms with E-state index >= 15 is 0 Å². The molecule has 2 aromatic heterocycles. The van der Waals surface area contributed by atoms with Crippen molar-refractivity contribution in [2.45, 2.75) is 39.3 Å². The van der Waals surface area contributed by atoms with Crippen LogP contribution in [-0.4, -0.2) is 32.4 Å². The smallest absolute Gasteiger partial charge is 0.293 e. The highest BCUT2D eigenvalue weighted by atomic mass is 19.1. The van der Waals surface area contributed by atoms with Crippen LogP contribution in [0.4, 0.5) is 10.3 Å². The lowest BCUT2D eigenvalue weighted by Gasteiger charge is -2.27. The molecule has 7 nitrogen and oxygen atoms in total. The van der Waals surface area contributed by atoms with Crippen molar-refractivity contribution in [1.82, 2.24) is 19.3 Å². The Kier molecular flexibility index (Phi) is 5.49. The molecule has 152 valence electrons. The van der Waals surface area contributed by atoms with Gasteiger partial charge >= 0.3 is 0 Å². The van der Waals surface area contributed by atoms with E-state index in [9.17, 15) is 14.4 Å². The van der Waals surface area contributed by atoms with Gasteiger partial charge in [-0.1, -0.05) is 12.0 Å². The highest BCUT2D eigenvalue weighted by molar-refractivity contribution is 5.77. The molecule has 0 aliphatic carbocycles. The minimum absolute atomic E-state index is 0.0711. The summed E-state index contributed by atoms with van der Waals surface area (Å²) < 4.78 is 16.6. The molecule has 1 aromatic carbocycles. The van der Waals surface area contributed by atoms with Crippen molar-refractivity contribution in [3.8, 4) is 17.9 Å². The SMILES string of the molecule is CC#CCn1c(N2CCCCC2)nc2cnn(Cc3ccc(F)cc3C#N)c(=O)c21. The summed E-state index contributed by atoms with van der Waals surface area (Å²) in [5, 5.41) is 13.5. The third-order valence-corrected chi connectivity index (χ3v) is 5.30. The molecule has 0 bridgehead atoms. The van der Waals surface area contributed by atoms with Crippen LogP contribution in [0.2, 0.25) is 0 Å². The van der Waals surface area contributed by atoms with Crippen LogP contribution in [0.15, 0.2) is 29.2 Å². The van der Waals surface area contributed by atoms with Gasteiger partial charge in [-0.3, -0.25) is 9.36 Å². The Morgan fingerprint density at radius 3 is 2.77 bits per heavy atom. The molecule has 0 spiro atoms. The van der Waals surface area contributed by atoms with E-state index in [-0.39, 0.29) is 17.7 Å². The summed E-state index contributed by atoms with van der Waals surface area (Å²) in [7, 11) is 0. The van der Waals surface area contributed by atoms with E-state index in [2.05, 4.69) is 26.8 Å². The third-order valence-electron chi connectivity index (χ3n) is 5.30. The van der Waals surface area contributed by atoms with Crippen molar-refractivity contribution < 1.29 is 4.39 Å². The Morgan fingerprint density at radius 1 is 1.23 bits per heavy atom. The van der Waals surface area contributed by atoms with Crippen molar-refractivity contribution in [2.75, 3.05) is 18.0 Å². The number of nitriles is 1. The van der Waals surface area contributed by atoms with Crippen LogP contribution in [0.3, 0.4) is 0 Å². The normalized spacial score (nSPS) is 13.7. The maximum atomic E-state index is 13.4. The largest absolute Gasteiger partial charge is 0.342 e. The zero-order valence-electron chi connectivity index (χ0n) is 16.7. The second kappa shape index (κ2) is 8.38. The Bertz CT molecular complexity index is 1250. The number of anilines is 1. The van der Waals surface area contributed by atoms with Crippen LogP contribution >= 0.6 is 0 Å². The number of hydrogen-bond donors (Lipinski definition) is 0. The lowest BCUT2D eigenvalue weighted by Crippen LogP contribution is -2.32. The summed E-state index contributed by atoms with van der Waals surface area (Å²) in [5.41, 5.74) is 1.37. The summed E-state index contributed by atoms with van der Waals surface area (Å²) in [5.74, 6) is 6.17. The van der Waals surface area contributed by atoms with Crippen molar-refractivity contribution in [3.63, 3.8) is 0 Å². The summed E-state index contributed by atoms with van der Waals surface area (Å²) in [6, 6.07) is 5.91.